The second-order valence-electron chi connectivity index (χ2n) is 4.09. The lowest BCUT2D eigenvalue weighted by molar-refractivity contribution is 0.0595. The topological polar surface area (TPSA) is 21.3 Å². The third-order valence-electron chi connectivity index (χ3n) is 2.77. The van der Waals surface area contributed by atoms with Crippen molar-refractivity contribution in [2.24, 2.45) is 5.92 Å². The van der Waals surface area contributed by atoms with E-state index in [1.807, 2.05) is 0 Å². The minimum absolute atomic E-state index is 0.159. The first kappa shape index (κ1) is 11.7. The van der Waals surface area contributed by atoms with E-state index >= 15 is 0 Å². The molecular weight excluding hydrogens is 229 g/mol. The lowest BCUT2D eigenvalue weighted by Crippen LogP contribution is -2.24. The van der Waals surface area contributed by atoms with Crippen LogP contribution in [-0.2, 0) is 4.74 Å². The van der Waals surface area contributed by atoms with Crippen LogP contribution in [0.2, 0.25) is 5.02 Å². The van der Waals surface area contributed by atoms with Crippen molar-refractivity contribution in [3.63, 3.8) is 0 Å². The van der Waals surface area contributed by atoms with Crippen LogP contribution >= 0.6 is 11.6 Å². The summed E-state index contributed by atoms with van der Waals surface area (Å²) in [6.45, 7) is 2.48. The van der Waals surface area contributed by atoms with Crippen molar-refractivity contribution in [2.45, 2.75) is 12.8 Å². The second kappa shape index (κ2) is 5.51. The molecule has 4 heteroatoms. The number of benzene rings is 1. The van der Waals surface area contributed by atoms with E-state index in [0.29, 0.717) is 5.92 Å². The molecular formula is C12H15ClFNO. The van der Waals surface area contributed by atoms with Gasteiger partial charge in [0.25, 0.3) is 0 Å². The third kappa shape index (κ3) is 3.09. The molecule has 0 saturated carbocycles. The molecule has 88 valence electrons. The third-order valence-corrected chi connectivity index (χ3v) is 3.08. The van der Waals surface area contributed by atoms with Gasteiger partial charge in [-0.15, -0.1) is 0 Å². The molecule has 0 aliphatic carbocycles. The molecule has 1 heterocycles. The van der Waals surface area contributed by atoms with Gasteiger partial charge in [0.15, 0.2) is 0 Å². The maximum atomic E-state index is 13.1. The molecule has 1 aliphatic rings. The Hall–Kier alpha value is -0.800. The zero-order valence-corrected chi connectivity index (χ0v) is 9.77. The van der Waals surface area contributed by atoms with Gasteiger partial charge in [-0.05, 0) is 37.0 Å². The lowest BCUT2D eigenvalue weighted by Gasteiger charge is -2.22. The Bertz CT molecular complexity index is 353. The van der Waals surface area contributed by atoms with E-state index in [9.17, 15) is 4.39 Å². The molecule has 1 unspecified atom stereocenters. The fraction of sp³-hybridized carbons (Fsp3) is 0.500. The molecule has 0 amide bonds. The maximum absolute atomic E-state index is 13.1. The molecule has 1 atom stereocenters. The molecule has 1 aromatic carbocycles. The first-order valence-electron chi connectivity index (χ1n) is 5.52. The fourth-order valence-electron chi connectivity index (χ4n) is 1.84. The highest BCUT2D eigenvalue weighted by atomic mass is 35.5. The van der Waals surface area contributed by atoms with E-state index < -0.39 is 0 Å². The smallest absolute Gasteiger partial charge is 0.143 e. The highest BCUT2D eigenvalue weighted by molar-refractivity contribution is 6.30. The Morgan fingerprint density at radius 3 is 3.06 bits per heavy atom. The van der Waals surface area contributed by atoms with Crippen LogP contribution in [0.1, 0.15) is 12.8 Å². The summed E-state index contributed by atoms with van der Waals surface area (Å²) in [5.74, 6) is 0.138. The summed E-state index contributed by atoms with van der Waals surface area (Å²) in [6.07, 6.45) is 2.28. The molecule has 1 saturated heterocycles. The normalized spacial score (nSPS) is 20.8. The SMILES string of the molecule is Fc1cc(NCC2CCCOC2)ccc1Cl. The van der Waals surface area contributed by atoms with E-state index in [4.69, 9.17) is 16.3 Å². The van der Waals surface area contributed by atoms with Gasteiger partial charge in [0, 0.05) is 18.8 Å². The zero-order chi connectivity index (χ0) is 11.4. The van der Waals surface area contributed by atoms with Gasteiger partial charge < -0.3 is 10.1 Å². The summed E-state index contributed by atoms with van der Waals surface area (Å²) in [5, 5.41) is 3.36. The van der Waals surface area contributed by atoms with Crippen molar-refractivity contribution in [1.29, 1.82) is 0 Å². The Kier molecular flexibility index (Phi) is 4.02. The van der Waals surface area contributed by atoms with Crippen molar-refractivity contribution in [2.75, 3.05) is 25.1 Å². The Morgan fingerprint density at radius 1 is 1.50 bits per heavy atom. The van der Waals surface area contributed by atoms with Crippen LogP contribution in [0.4, 0.5) is 10.1 Å². The summed E-state index contributed by atoms with van der Waals surface area (Å²) in [6, 6.07) is 4.78. The predicted octanol–water partition coefficient (Wildman–Crippen LogP) is 3.32. The Balaban J connectivity index is 1.86. The van der Waals surface area contributed by atoms with Gasteiger partial charge in [0.2, 0.25) is 0 Å². The molecule has 0 bridgehead atoms. The minimum atomic E-state index is -0.383. The predicted molar refractivity (Wildman–Crippen MR) is 63.4 cm³/mol. The van der Waals surface area contributed by atoms with Crippen LogP contribution in [0, 0.1) is 11.7 Å². The van der Waals surface area contributed by atoms with E-state index in [1.54, 1.807) is 12.1 Å². The number of hydrogen-bond acceptors (Lipinski definition) is 2. The number of anilines is 1. The average molecular weight is 244 g/mol. The zero-order valence-electron chi connectivity index (χ0n) is 9.01. The van der Waals surface area contributed by atoms with Gasteiger partial charge >= 0.3 is 0 Å². The Morgan fingerprint density at radius 2 is 2.38 bits per heavy atom. The van der Waals surface area contributed by atoms with Crippen LogP contribution in [0.3, 0.4) is 0 Å². The van der Waals surface area contributed by atoms with Crippen LogP contribution < -0.4 is 5.32 Å². The molecule has 0 spiro atoms. The van der Waals surface area contributed by atoms with Crippen molar-refractivity contribution < 1.29 is 9.13 Å². The number of nitrogens with one attached hydrogen (secondary N) is 1. The van der Waals surface area contributed by atoms with Crippen molar-refractivity contribution in [3.8, 4) is 0 Å². The number of ether oxygens (including phenoxy) is 1. The molecule has 0 radical (unpaired) electrons. The minimum Gasteiger partial charge on any atom is -0.385 e. The van der Waals surface area contributed by atoms with Gasteiger partial charge in [0.1, 0.15) is 5.82 Å². The summed E-state index contributed by atoms with van der Waals surface area (Å²) in [4.78, 5) is 0. The van der Waals surface area contributed by atoms with E-state index in [2.05, 4.69) is 5.32 Å². The van der Waals surface area contributed by atoms with Gasteiger partial charge in [-0.25, -0.2) is 4.39 Å². The summed E-state index contributed by atoms with van der Waals surface area (Å²) in [7, 11) is 0. The molecule has 1 N–H and O–H groups in total. The molecule has 2 nitrogen and oxygen atoms in total. The average Bonchev–Trinajstić information content (AvgIpc) is 2.32. The monoisotopic (exact) mass is 243 g/mol. The largest absolute Gasteiger partial charge is 0.385 e. The summed E-state index contributed by atoms with van der Waals surface area (Å²) < 4.78 is 18.5. The lowest BCUT2D eigenvalue weighted by atomic mass is 10.0. The second-order valence-corrected chi connectivity index (χ2v) is 4.50. The molecule has 1 fully saturated rings. The van der Waals surface area contributed by atoms with Gasteiger partial charge in [-0.2, -0.15) is 0 Å². The van der Waals surface area contributed by atoms with Crippen LogP contribution in [-0.4, -0.2) is 19.8 Å². The van der Waals surface area contributed by atoms with Crippen molar-refractivity contribution in [1.82, 2.24) is 0 Å². The van der Waals surface area contributed by atoms with E-state index in [0.717, 1.165) is 31.9 Å². The van der Waals surface area contributed by atoms with Crippen LogP contribution in [0.15, 0.2) is 18.2 Å². The quantitative estimate of drug-likeness (QED) is 0.880. The first-order valence-corrected chi connectivity index (χ1v) is 5.90. The highest BCUT2D eigenvalue weighted by Gasteiger charge is 2.13. The van der Waals surface area contributed by atoms with Crippen LogP contribution in [0.25, 0.3) is 0 Å². The molecule has 1 aromatic rings. The number of rotatable bonds is 3. The molecule has 0 aromatic heterocycles. The first-order chi connectivity index (χ1) is 7.75. The molecule has 2 rings (SSSR count). The number of hydrogen-bond donors (Lipinski definition) is 1. The van der Waals surface area contributed by atoms with E-state index in [1.165, 1.54) is 12.5 Å². The maximum Gasteiger partial charge on any atom is 0.143 e. The molecule has 1 aliphatic heterocycles. The highest BCUT2D eigenvalue weighted by Crippen LogP contribution is 2.20. The summed E-state index contributed by atoms with van der Waals surface area (Å²) in [5.41, 5.74) is 0.771. The number of halogens is 2. The van der Waals surface area contributed by atoms with Gasteiger partial charge in [-0.3, -0.25) is 0 Å². The van der Waals surface area contributed by atoms with Crippen LogP contribution in [0.5, 0.6) is 0 Å². The summed E-state index contributed by atoms with van der Waals surface area (Å²) >= 11 is 5.61. The van der Waals surface area contributed by atoms with Crippen molar-refractivity contribution >= 4 is 17.3 Å². The van der Waals surface area contributed by atoms with E-state index in [-0.39, 0.29) is 10.8 Å². The van der Waals surface area contributed by atoms with Gasteiger partial charge in [0.05, 0.1) is 11.6 Å². The van der Waals surface area contributed by atoms with Gasteiger partial charge in [-0.1, -0.05) is 11.6 Å². The fourth-order valence-corrected chi connectivity index (χ4v) is 1.95. The Labute approximate surface area is 99.7 Å². The molecule has 16 heavy (non-hydrogen) atoms. The standard InChI is InChI=1S/C12H15ClFNO/c13-11-4-3-10(6-12(11)14)15-7-9-2-1-5-16-8-9/h3-4,6,9,15H,1-2,5,7-8H2. The van der Waals surface area contributed by atoms with Crippen molar-refractivity contribution in [3.05, 3.63) is 29.0 Å².